The third-order valence-electron chi connectivity index (χ3n) is 3.93. The summed E-state index contributed by atoms with van der Waals surface area (Å²) in [7, 11) is 1.65. The maximum Gasteiger partial charge on any atom is 0.255 e. The van der Waals surface area contributed by atoms with Crippen LogP contribution in [0.25, 0.3) is 0 Å². The summed E-state index contributed by atoms with van der Waals surface area (Å²) in [6, 6.07) is 4.22. The number of halogens is 2. The van der Waals surface area contributed by atoms with Crippen LogP contribution in [0, 0.1) is 11.2 Å². The molecule has 0 saturated carbocycles. The molecule has 2 rings (SSSR count). The van der Waals surface area contributed by atoms with Crippen LogP contribution < -0.4 is 10.6 Å². The first-order chi connectivity index (χ1) is 10.1. The number of rotatable bonds is 5. The molecule has 0 unspecified atom stereocenters. The van der Waals surface area contributed by atoms with Gasteiger partial charge in [-0.3, -0.25) is 4.79 Å². The topological polar surface area (TPSA) is 50.4 Å². The van der Waals surface area contributed by atoms with Crippen LogP contribution in [0.2, 0.25) is 5.02 Å². The number of piperidine rings is 1. The van der Waals surface area contributed by atoms with Crippen molar-refractivity contribution in [3.05, 3.63) is 34.6 Å². The van der Waals surface area contributed by atoms with Gasteiger partial charge in [-0.15, -0.1) is 0 Å². The lowest BCUT2D eigenvalue weighted by atomic mass is 9.79. The second-order valence-corrected chi connectivity index (χ2v) is 5.87. The molecule has 1 saturated heterocycles. The average Bonchev–Trinajstić information content (AvgIpc) is 2.46. The number of methoxy groups -OCH3 is 1. The van der Waals surface area contributed by atoms with Gasteiger partial charge in [-0.1, -0.05) is 17.7 Å². The summed E-state index contributed by atoms with van der Waals surface area (Å²) >= 11 is 5.91. The average molecular weight is 315 g/mol. The molecule has 0 atom stereocenters. The van der Waals surface area contributed by atoms with E-state index in [2.05, 4.69) is 10.6 Å². The van der Waals surface area contributed by atoms with E-state index in [9.17, 15) is 9.18 Å². The van der Waals surface area contributed by atoms with E-state index in [0.29, 0.717) is 13.2 Å². The van der Waals surface area contributed by atoms with Gasteiger partial charge in [0.05, 0.1) is 17.2 Å². The zero-order valence-electron chi connectivity index (χ0n) is 12.0. The maximum absolute atomic E-state index is 13.7. The summed E-state index contributed by atoms with van der Waals surface area (Å²) < 4.78 is 19.0. The highest BCUT2D eigenvalue weighted by Gasteiger charge is 2.33. The van der Waals surface area contributed by atoms with Crippen molar-refractivity contribution in [3.63, 3.8) is 0 Å². The fourth-order valence-corrected chi connectivity index (χ4v) is 2.96. The minimum absolute atomic E-state index is 0.0966. The Morgan fingerprint density at radius 3 is 2.81 bits per heavy atom. The largest absolute Gasteiger partial charge is 0.384 e. The number of hydrogen-bond donors (Lipinski definition) is 2. The van der Waals surface area contributed by atoms with E-state index in [0.717, 1.165) is 25.9 Å². The Morgan fingerprint density at radius 1 is 1.48 bits per heavy atom. The summed E-state index contributed by atoms with van der Waals surface area (Å²) in [5.41, 5.74) is -0.200. The molecule has 0 spiro atoms. The zero-order valence-corrected chi connectivity index (χ0v) is 12.8. The Hall–Kier alpha value is -1.17. The number of amides is 1. The number of carbonyl (C=O) groups excluding carboxylic acids is 1. The van der Waals surface area contributed by atoms with Crippen LogP contribution in [0.1, 0.15) is 23.2 Å². The van der Waals surface area contributed by atoms with E-state index in [1.807, 2.05) is 0 Å². The Kier molecular flexibility index (Phi) is 5.56. The first kappa shape index (κ1) is 16.2. The van der Waals surface area contributed by atoms with Gasteiger partial charge in [0.15, 0.2) is 0 Å². The van der Waals surface area contributed by atoms with Crippen molar-refractivity contribution in [2.75, 3.05) is 33.4 Å². The van der Waals surface area contributed by atoms with Crippen LogP contribution in [0.3, 0.4) is 0 Å². The van der Waals surface area contributed by atoms with Crippen LogP contribution in [-0.4, -0.2) is 39.3 Å². The number of carbonyl (C=O) groups is 1. The van der Waals surface area contributed by atoms with Gasteiger partial charge >= 0.3 is 0 Å². The summed E-state index contributed by atoms with van der Waals surface area (Å²) in [5, 5.41) is 6.21. The van der Waals surface area contributed by atoms with Crippen molar-refractivity contribution in [2.45, 2.75) is 12.8 Å². The van der Waals surface area contributed by atoms with Gasteiger partial charge in [0.1, 0.15) is 5.82 Å². The molecule has 0 aromatic heterocycles. The predicted molar refractivity (Wildman–Crippen MR) is 80.2 cm³/mol. The van der Waals surface area contributed by atoms with Crippen LogP contribution in [0.5, 0.6) is 0 Å². The lowest BCUT2D eigenvalue weighted by Crippen LogP contribution is -2.47. The molecule has 1 heterocycles. The van der Waals surface area contributed by atoms with E-state index in [1.54, 1.807) is 7.11 Å². The maximum atomic E-state index is 13.7. The highest BCUT2D eigenvalue weighted by Crippen LogP contribution is 2.28. The molecule has 2 N–H and O–H groups in total. The number of ether oxygens (including phenoxy) is 1. The summed E-state index contributed by atoms with van der Waals surface area (Å²) in [5.74, 6) is -1.08. The normalized spacial score (nSPS) is 17.5. The smallest absolute Gasteiger partial charge is 0.255 e. The quantitative estimate of drug-likeness (QED) is 0.876. The molecule has 0 radical (unpaired) electrons. The molecule has 1 aromatic carbocycles. The minimum Gasteiger partial charge on any atom is -0.384 e. The third kappa shape index (κ3) is 3.93. The van der Waals surface area contributed by atoms with Crippen LogP contribution >= 0.6 is 11.6 Å². The van der Waals surface area contributed by atoms with E-state index >= 15 is 0 Å². The second kappa shape index (κ2) is 7.20. The van der Waals surface area contributed by atoms with Crippen molar-refractivity contribution in [1.82, 2.24) is 10.6 Å². The van der Waals surface area contributed by atoms with Crippen molar-refractivity contribution in [2.24, 2.45) is 5.41 Å². The molecule has 1 fully saturated rings. The standard InChI is InChI=1S/C15H20ClFN2O2/c1-21-10-15(5-7-18-8-6-15)9-19-14(20)13-11(16)3-2-4-12(13)17/h2-4,18H,5-10H2,1H3,(H,19,20). The Balaban J connectivity index is 2.05. The Labute approximate surface area is 129 Å². The fourth-order valence-electron chi connectivity index (χ4n) is 2.71. The van der Waals surface area contributed by atoms with E-state index < -0.39 is 11.7 Å². The molecule has 1 aromatic rings. The molecule has 116 valence electrons. The van der Waals surface area contributed by atoms with Crippen molar-refractivity contribution in [1.29, 1.82) is 0 Å². The summed E-state index contributed by atoms with van der Waals surface area (Å²) in [4.78, 5) is 12.2. The van der Waals surface area contributed by atoms with Gasteiger partial charge in [0.25, 0.3) is 5.91 Å². The van der Waals surface area contributed by atoms with Crippen LogP contribution in [0.15, 0.2) is 18.2 Å². The van der Waals surface area contributed by atoms with Crippen molar-refractivity contribution in [3.8, 4) is 0 Å². The molecule has 1 amide bonds. The SMILES string of the molecule is COCC1(CNC(=O)c2c(F)cccc2Cl)CCNCC1. The lowest BCUT2D eigenvalue weighted by molar-refractivity contribution is 0.0511. The Bertz CT molecular complexity index is 479. The number of nitrogens with one attached hydrogen (secondary N) is 2. The first-order valence-electron chi connectivity index (χ1n) is 7.00. The van der Waals surface area contributed by atoms with E-state index in [4.69, 9.17) is 16.3 Å². The van der Waals surface area contributed by atoms with Gasteiger partial charge in [0, 0.05) is 19.1 Å². The fraction of sp³-hybridized carbons (Fsp3) is 0.533. The lowest BCUT2D eigenvalue weighted by Gasteiger charge is -2.37. The predicted octanol–water partition coefficient (Wildman–Crippen LogP) is 2.23. The molecule has 21 heavy (non-hydrogen) atoms. The van der Waals surface area contributed by atoms with Crippen molar-refractivity contribution >= 4 is 17.5 Å². The number of hydrogen-bond acceptors (Lipinski definition) is 3. The monoisotopic (exact) mass is 314 g/mol. The molecular formula is C15H20ClFN2O2. The summed E-state index contributed by atoms with van der Waals surface area (Å²) in [6.45, 7) is 2.80. The van der Waals surface area contributed by atoms with Crippen LogP contribution in [-0.2, 0) is 4.74 Å². The summed E-state index contributed by atoms with van der Waals surface area (Å²) in [6.07, 6.45) is 1.82. The second-order valence-electron chi connectivity index (χ2n) is 5.46. The van der Waals surface area contributed by atoms with E-state index in [1.165, 1.54) is 18.2 Å². The number of benzene rings is 1. The minimum atomic E-state index is -0.605. The molecular weight excluding hydrogens is 295 g/mol. The molecule has 1 aliphatic rings. The van der Waals surface area contributed by atoms with Gasteiger partial charge in [-0.05, 0) is 38.1 Å². The van der Waals surface area contributed by atoms with Gasteiger partial charge in [-0.25, -0.2) is 4.39 Å². The molecule has 6 heteroatoms. The van der Waals surface area contributed by atoms with Gasteiger partial charge in [0.2, 0.25) is 0 Å². The van der Waals surface area contributed by atoms with Crippen LogP contribution in [0.4, 0.5) is 4.39 Å². The molecule has 0 aliphatic carbocycles. The third-order valence-corrected chi connectivity index (χ3v) is 4.24. The molecule has 4 nitrogen and oxygen atoms in total. The Morgan fingerprint density at radius 2 is 2.19 bits per heavy atom. The van der Waals surface area contributed by atoms with Gasteiger partial charge in [-0.2, -0.15) is 0 Å². The zero-order chi connectivity index (χ0) is 15.3. The highest BCUT2D eigenvalue weighted by molar-refractivity contribution is 6.33. The van der Waals surface area contributed by atoms with E-state index in [-0.39, 0.29) is 16.0 Å². The van der Waals surface area contributed by atoms with Crippen molar-refractivity contribution < 1.29 is 13.9 Å². The van der Waals surface area contributed by atoms with Gasteiger partial charge < -0.3 is 15.4 Å². The molecule has 0 bridgehead atoms. The highest BCUT2D eigenvalue weighted by atomic mass is 35.5. The first-order valence-corrected chi connectivity index (χ1v) is 7.38. The molecule has 1 aliphatic heterocycles.